The van der Waals surface area contributed by atoms with Crippen LogP contribution in [0.15, 0.2) is 28.7 Å². The first kappa shape index (κ1) is 15.9. The van der Waals surface area contributed by atoms with Crippen molar-refractivity contribution in [3.05, 3.63) is 45.7 Å². The van der Waals surface area contributed by atoms with Crippen LogP contribution in [0.1, 0.15) is 34.6 Å². The second-order valence-corrected chi connectivity index (χ2v) is 6.55. The molecule has 1 N–H and O–H groups in total. The van der Waals surface area contributed by atoms with E-state index in [1.807, 2.05) is 32.0 Å². The topological polar surface area (TPSA) is 58.1 Å². The van der Waals surface area contributed by atoms with Crippen LogP contribution < -0.4 is 10.2 Å². The van der Waals surface area contributed by atoms with Crippen molar-refractivity contribution < 1.29 is 4.79 Å². The van der Waals surface area contributed by atoms with Gasteiger partial charge in [-0.1, -0.05) is 12.1 Å². The van der Waals surface area contributed by atoms with E-state index in [1.165, 1.54) is 12.8 Å². The van der Waals surface area contributed by atoms with Crippen molar-refractivity contribution in [2.45, 2.75) is 26.7 Å². The van der Waals surface area contributed by atoms with Gasteiger partial charge in [0.05, 0.1) is 22.6 Å². The molecule has 1 aromatic carbocycles. The minimum atomic E-state index is -0.166. The van der Waals surface area contributed by atoms with Crippen LogP contribution in [-0.4, -0.2) is 29.0 Å². The summed E-state index contributed by atoms with van der Waals surface area (Å²) in [6.45, 7) is 5.82. The lowest BCUT2D eigenvalue weighted by molar-refractivity contribution is 0.102. The number of nitrogens with one attached hydrogen (secondary N) is 1. The molecule has 5 nitrogen and oxygen atoms in total. The summed E-state index contributed by atoms with van der Waals surface area (Å²) in [5.74, 6) is 0.595. The normalized spacial score (nSPS) is 14.1. The quantitative estimate of drug-likeness (QED) is 0.889. The first-order valence-electron chi connectivity index (χ1n) is 7.72. The number of aryl methyl sites for hydroxylation is 2. The third-order valence-corrected chi connectivity index (χ3v) is 4.70. The zero-order valence-corrected chi connectivity index (χ0v) is 14.9. The second kappa shape index (κ2) is 6.66. The number of hydrogen-bond donors (Lipinski definition) is 1. The molecule has 0 saturated carbocycles. The lowest BCUT2D eigenvalue weighted by Gasteiger charge is -2.18. The third-order valence-electron chi connectivity index (χ3n) is 4.00. The smallest absolute Gasteiger partial charge is 0.256 e. The van der Waals surface area contributed by atoms with Gasteiger partial charge in [-0.3, -0.25) is 4.79 Å². The number of carbonyl (C=O) groups is 1. The van der Waals surface area contributed by atoms with Gasteiger partial charge in [-0.15, -0.1) is 0 Å². The van der Waals surface area contributed by atoms with E-state index in [2.05, 4.69) is 36.1 Å². The van der Waals surface area contributed by atoms with Crippen LogP contribution in [-0.2, 0) is 0 Å². The largest absolute Gasteiger partial charge is 0.341 e. The minimum Gasteiger partial charge on any atom is -0.341 e. The number of rotatable bonds is 3. The fraction of sp³-hybridized carbons (Fsp3) is 0.353. The van der Waals surface area contributed by atoms with Crippen molar-refractivity contribution in [3.8, 4) is 0 Å². The molecule has 1 aliphatic rings. The van der Waals surface area contributed by atoms with Gasteiger partial charge in [0, 0.05) is 17.6 Å². The average Bonchev–Trinajstić information content (AvgIpc) is 3.05. The van der Waals surface area contributed by atoms with E-state index in [0.29, 0.717) is 11.3 Å². The standard InChI is InChI=1S/C17H19BrN4O/c1-11-15(21-16(23)13-7-3-4-8-14(13)18)12(2)20-17(19-11)22-9-5-6-10-22/h3-4,7-8H,5-6,9-10H2,1-2H3,(H,21,23). The van der Waals surface area contributed by atoms with Gasteiger partial charge in [-0.25, -0.2) is 9.97 Å². The predicted octanol–water partition coefficient (Wildman–Crippen LogP) is 3.71. The number of anilines is 2. The highest BCUT2D eigenvalue weighted by Crippen LogP contribution is 2.24. The molecule has 0 radical (unpaired) electrons. The van der Waals surface area contributed by atoms with Gasteiger partial charge in [-0.2, -0.15) is 0 Å². The number of nitrogens with zero attached hydrogens (tertiary/aromatic N) is 3. The van der Waals surface area contributed by atoms with Crippen LogP contribution in [0.5, 0.6) is 0 Å². The molecule has 120 valence electrons. The molecule has 0 unspecified atom stereocenters. The van der Waals surface area contributed by atoms with Crippen LogP contribution in [0.25, 0.3) is 0 Å². The van der Waals surface area contributed by atoms with Crippen molar-refractivity contribution >= 4 is 33.5 Å². The summed E-state index contributed by atoms with van der Waals surface area (Å²) in [6, 6.07) is 7.35. The van der Waals surface area contributed by atoms with Crippen molar-refractivity contribution in [3.63, 3.8) is 0 Å². The number of benzene rings is 1. The summed E-state index contributed by atoms with van der Waals surface area (Å²) in [5.41, 5.74) is 2.86. The predicted molar refractivity (Wildman–Crippen MR) is 95.0 cm³/mol. The van der Waals surface area contributed by atoms with E-state index in [0.717, 1.165) is 34.9 Å². The molecule has 1 amide bonds. The Kier molecular flexibility index (Phi) is 4.61. The minimum absolute atomic E-state index is 0.166. The maximum Gasteiger partial charge on any atom is 0.256 e. The summed E-state index contributed by atoms with van der Waals surface area (Å²) in [6.07, 6.45) is 2.37. The molecule has 0 aliphatic carbocycles. The maximum absolute atomic E-state index is 12.5. The van der Waals surface area contributed by atoms with Crippen LogP contribution in [0, 0.1) is 13.8 Å². The molecule has 3 rings (SSSR count). The lowest BCUT2D eigenvalue weighted by atomic mass is 10.2. The molecular weight excluding hydrogens is 356 g/mol. The zero-order chi connectivity index (χ0) is 16.4. The Morgan fingerprint density at radius 1 is 1.13 bits per heavy atom. The molecule has 2 heterocycles. The first-order valence-corrected chi connectivity index (χ1v) is 8.51. The van der Waals surface area contributed by atoms with E-state index in [1.54, 1.807) is 6.07 Å². The Balaban J connectivity index is 1.85. The van der Waals surface area contributed by atoms with Gasteiger partial charge in [0.15, 0.2) is 0 Å². The highest BCUT2D eigenvalue weighted by Gasteiger charge is 2.19. The monoisotopic (exact) mass is 374 g/mol. The SMILES string of the molecule is Cc1nc(N2CCCC2)nc(C)c1NC(=O)c1ccccc1Br. The Morgan fingerprint density at radius 3 is 2.35 bits per heavy atom. The fourth-order valence-electron chi connectivity index (χ4n) is 2.76. The van der Waals surface area contributed by atoms with E-state index in [-0.39, 0.29) is 5.91 Å². The summed E-state index contributed by atoms with van der Waals surface area (Å²) in [4.78, 5) is 23.8. The first-order chi connectivity index (χ1) is 11.1. The van der Waals surface area contributed by atoms with Crippen LogP contribution in [0.3, 0.4) is 0 Å². The number of halogens is 1. The Labute approximate surface area is 144 Å². The number of amides is 1. The molecule has 1 fully saturated rings. The number of carbonyl (C=O) groups excluding carboxylic acids is 1. The maximum atomic E-state index is 12.5. The number of hydrogen-bond acceptors (Lipinski definition) is 4. The highest BCUT2D eigenvalue weighted by molar-refractivity contribution is 9.10. The van der Waals surface area contributed by atoms with Crippen LogP contribution in [0.4, 0.5) is 11.6 Å². The molecule has 1 saturated heterocycles. The van der Waals surface area contributed by atoms with Crippen molar-refractivity contribution in [1.82, 2.24) is 9.97 Å². The molecule has 0 spiro atoms. The Bertz CT molecular complexity index is 718. The zero-order valence-electron chi connectivity index (χ0n) is 13.3. The molecule has 2 aromatic rings. The van der Waals surface area contributed by atoms with Gasteiger partial charge in [-0.05, 0) is 54.8 Å². The fourth-order valence-corrected chi connectivity index (χ4v) is 3.23. The van der Waals surface area contributed by atoms with Crippen LogP contribution in [0.2, 0.25) is 0 Å². The van der Waals surface area contributed by atoms with E-state index in [9.17, 15) is 4.79 Å². The van der Waals surface area contributed by atoms with Crippen LogP contribution >= 0.6 is 15.9 Å². The van der Waals surface area contributed by atoms with E-state index >= 15 is 0 Å². The van der Waals surface area contributed by atoms with Gasteiger partial charge < -0.3 is 10.2 Å². The van der Waals surface area contributed by atoms with Crippen molar-refractivity contribution in [2.75, 3.05) is 23.3 Å². The molecule has 0 atom stereocenters. The Morgan fingerprint density at radius 2 is 1.74 bits per heavy atom. The van der Waals surface area contributed by atoms with Gasteiger partial charge >= 0.3 is 0 Å². The second-order valence-electron chi connectivity index (χ2n) is 5.70. The third kappa shape index (κ3) is 3.37. The molecule has 6 heteroatoms. The van der Waals surface area contributed by atoms with Gasteiger partial charge in [0.2, 0.25) is 5.95 Å². The molecule has 0 bridgehead atoms. The molecule has 1 aromatic heterocycles. The van der Waals surface area contributed by atoms with Gasteiger partial charge in [0.25, 0.3) is 5.91 Å². The van der Waals surface area contributed by atoms with Gasteiger partial charge in [0.1, 0.15) is 0 Å². The summed E-state index contributed by atoms with van der Waals surface area (Å²) in [7, 11) is 0. The van der Waals surface area contributed by atoms with Crippen molar-refractivity contribution in [2.24, 2.45) is 0 Å². The van der Waals surface area contributed by atoms with E-state index in [4.69, 9.17) is 0 Å². The van der Waals surface area contributed by atoms with Crippen molar-refractivity contribution in [1.29, 1.82) is 0 Å². The summed E-state index contributed by atoms with van der Waals surface area (Å²) < 4.78 is 0.766. The Hall–Kier alpha value is -1.95. The van der Waals surface area contributed by atoms with E-state index < -0.39 is 0 Å². The average molecular weight is 375 g/mol. The number of aromatic nitrogens is 2. The highest BCUT2D eigenvalue weighted by atomic mass is 79.9. The molecular formula is C17H19BrN4O. The molecule has 23 heavy (non-hydrogen) atoms. The lowest BCUT2D eigenvalue weighted by Crippen LogP contribution is -2.22. The summed E-state index contributed by atoms with van der Waals surface area (Å²) >= 11 is 3.40. The molecule has 1 aliphatic heterocycles. The summed E-state index contributed by atoms with van der Waals surface area (Å²) in [5, 5.41) is 2.94.